The second-order valence-corrected chi connectivity index (χ2v) is 5.98. The number of carbonyl (C=O) groups is 1. The van der Waals surface area contributed by atoms with Gasteiger partial charge in [-0.05, 0) is 24.8 Å². The molecular formula is C16H25ClN4O2. The van der Waals surface area contributed by atoms with E-state index in [9.17, 15) is 4.79 Å². The van der Waals surface area contributed by atoms with E-state index in [1.807, 2.05) is 6.92 Å². The molecule has 0 saturated carbocycles. The van der Waals surface area contributed by atoms with E-state index < -0.39 is 0 Å². The molecule has 0 aliphatic carbocycles. The van der Waals surface area contributed by atoms with Crippen LogP contribution in [0.2, 0.25) is 0 Å². The van der Waals surface area contributed by atoms with Crippen LogP contribution in [0.15, 0.2) is 16.8 Å². The third kappa shape index (κ3) is 4.42. The first kappa shape index (κ1) is 19.4. The van der Waals surface area contributed by atoms with E-state index in [2.05, 4.69) is 24.0 Å². The van der Waals surface area contributed by atoms with Crippen LogP contribution in [0.25, 0.3) is 11.1 Å². The predicted octanol–water partition coefficient (Wildman–Crippen LogP) is 2.65. The average molecular weight is 341 g/mol. The molecule has 1 unspecified atom stereocenters. The number of aromatic nitrogens is 2. The van der Waals surface area contributed by atoms with Gasteiger partial charge in [0.05, 0.1) is 16.6 Å². The van der Waals surface area contributed by atoms with Crippen molar-refractivity contribution in [2.45, 2.75) is 39.7 Å². The second-order valence-electron chi connectivity index (χ2n) is 5.98. The normalized spacial score (nSPS) is 12.3. The molecule has 2 N–H and O–H groups in total. The van der Waals surface area contributed by atoms with Gasteiger partial charge in [0, 0.05) is 25.8 Å². The highest BCUT2D eigenvalue weighted by Crippen LogP contribution is 2.19. The first-order valence-electron chi connectivity index (χ1n) is 7.69. The van der Waals surface area contributed by atoms with Gasteiger partial charge < -0.3 is 15.2 Å². The summed E-state index contributed by atoms with van der Waals surface area (Å²) in [6, 6.07) is 1.90. The minimum Gasteiger partial charge on any atom is -0.342 e. The van der Waals surface area contributed by atoms with E-state index in [4.69, 9.17) is 10.3 Å². The van der Waals surface area contributed by atoms with Crippen LogP contribution in [0.1, 0.15) is 43.2 Å². The molecule has 6 nitrogen and oxygen atoms in total. The summed E-state index contributed by atoms with van der Waals surface area (Å²) in [5, 5.41) is 4.77. The predicted molar refractivity (Wildman–Crippen MR) is 92.8 cm³/mol. The summed E-state index contributed by atoms with van der Waals surface area (Å²) in [6.07, 6.45) is 3.06. The molecule has 2 rings (SSSR count). The lowest BCUT2D eigenvalue weighted by Crippen LogP contribution is -2.34. The van der Waals surface area contributed by atoms with Gasteiger partial charge in [-0.3, -0.25) is 4.79 Å². The van der Waals surface area contributed by atoms with Gasteiger partial charge in [0.2, 0.25) is 0 Å². The van der Waals surface area contributed by atoms with Crippen molar-refractivity contribution in [3.63, 3.8) is 0 Å². The second kappa shape index (κ2) is 8.26. The molecule has 1 amide bonds. The van der Waals surface area contributed by atoms with Gasteiger partial charge in [-0.1, -0.05) is 25.9 Å². The number of pyridine rings is 1. The van der Waals surface area contributed by atoms with Crippen LogP contribution < -0.4 is 5.73 Å². The van der Waals surface area contributed by atoms with Gasteiger partial charge in [-0.25, -0.2) is 4.98 Å². The van der Waals surface area contributed by atoms with Gasteiger partial charge in [0.15, 0.2) is 0 Å². The number of carbonyl (C=O) groups excluding carboxylic acids is 1. The Morgan fingerprint density at radius 2 is 2.13 bits per heavy atom. The highest BCUT2D eigenvalue weighted by molar-refractivity contribution is 5.96. The summed E-state index contributed by atoms with van der Waals surface area (Å²) in [5.74, 6) is 0.347. The van der Waals surface area contributed by atoms with Crippen molar-refractivity contribution in [2.75, 3.05) is 13.6 Å². The van der Waals surface area contributed by atoms with Crippen molar-refractivity contribution in [3.05, 3.63) is 23.5 Å². The van der Waals surface area contributed by atoms with E-state index in [-0.39, 0.29) is 24.4 Å². The van der Waals surface area contributed by atoms with Crippen LogP contribution in [0, 0.1) is 5.92 Å². The third-order valence-electron chi connectivity index (χ3n) is 3.99. The Kier molecular flexibility index (Phi) is 6.97. The van der Waals surface area contributed by atoms with Crippen molar-refractivity contribution in [1.82, 2.24) is 15.0 Å². The molecular weight excluding hydrogens is 316 g/mol. The van der Waals surface area contributed by atoms with Gasteiger partial charge in [-0.15, -0.1) is 12.4 Å². The maximum absolute atomic E-state index is 12.5. The lowest BCUT2D eigenvalue weighted by Gasteiger charge is -2.21. The molecule has 0 saturated heterocycles. The number of nitrogens with zero attached hydrogens (tertiary/aromatic N) is 3. The molecule has 2 aromatic heterocycles. The lowest BCUT2D eigenvalue weighted by molar-refractivity contribution is 0.0789. The Labute approximate surface area is 142 Å². The molecule has 23 heavy (non-hydrogen) atoms. The number of aryl methyl sites for hydroxylation is 1. The fourth-order valence-electron chi connectivity index (χ4n) is 2.25. The number of hydrogen-bond donors (Lipinski definition) is 1. The summed E-state index contributed by atoms with van der Waals surface area (Å²) >= 11 is 0. The Bertz CT molecular complexity index is 657. The molecule has 7 heteroatoms. The zero-order chi connectivity index (χ0) is 16.3. The average Bonchev–Trinajstić information content (AvgIpc) is 2.93. The molecule has 128 valence electrons. The van der Waals surface area contributed by atoms with Crippen LogP contribution in [-0.4, -0.2) is 40.6 Å². The van der Waals surface area contributed by atoms with Crippen LogP contribution in [0.4, 0.5) is 0 Å². The van der Waals surface area contributed by atoms with E-state index in [0.29, 0.717) is 23.7 Å². The number of fused-ring (bicyclic) bond motifs is 1. The van der Waals surface area contributed by atoms with Crippen LogP contribution in [-0.2, 0) is 6.42 Å². The molecule has 0 spiro atoms. The number of halogens is 1. The molecule has 0 radical (unpaired) electrons. The number of hydrogen-bond acceptors (Lipinski definition) is 5. The largest absolute Gasteiger partial charge is 0.342 e. The monoisotopic (exact) mass is 340 g/mol. The molecule has 1 atom stereocenters. The Balaban J connectivity index is 0.00000264. The van der Waals surface area contributed by atoms with Crippen molar-refractivity contribution in [1.29, 1.82) is 0 Å². The molecule has 0 fully saturated rings. The van der Waals surface area contributed by atoms with Crippen LogP contribution >= 0.6 is 12.4 Å². The molecule has 0 aromatic carbocycles. The van der Waals surface area contributed by atoms with E-state index in [0.717, 1.165) is 23.9 Å². The van der Waals surface area contributed by atoms with Gasteiger partial charge >= 0.3 is 0 Å². The number of amides is 1. The summed E-state index contributed by atoms with van der Waals surface area (Å²) in [4.78, 5) is 18.3. The Hall–Kier alpha value is -1.66. The summed E-state index contributed by atoms with van der Waals surface area (Å²) in [7, 11) is 1.79. The first-order valence-corrected chi connectivity index (χ1v) is 7.69. The fourth-order valence-corrected chi connectivity index (χ4v) is 2.25. The van der Waals surface area contributed by atoms with E-state index in [1.165, 1.54) is 6.20 Å². The smallest absolute Gasteiger partial charge is 0.257 e. The summed E-state index contributed by atoms with van der Waals surface area (Å²) < 4.78 is 5.14. The standard InChI is InChI=1S/C16H24N4O2.ClH/c1-5-14-12-8-11(9-18-15(12)22-19-14)16(21)20(4)7-6-13(17)10(2)3;/h8-10,13H,5-7,17H2,1-4H3;1H. The van der Waals surface area contributed by atoms with Crippen molar-refractivity contribution in [2.24, 2.45) is 11.7 Å². The minimum atomic E-state index is -0.0615. The topological polar surface area (TPSA) is 85.2 Å². The maximum Gasteiger partial charge on any atom is 0.257 e. The van der Waals surface area contributed by atoms with Crippen LogP contribution in [0.3, 0.4) is 0 Å². The zero-order valence-electron chi connectivity index (χ0n) is 14.1. The molecule has 0 aliphatic heterocycles. The molecule has 2 heterocycles. The number of rotatable bonds is 6. The Morgan fingerprint density at radius 3 is 2.74 bits per heavy atom. The maximum atomic E-state index is 12.5. The van der Waals surface area contributed by atoms with Crippen molar-refractivity contribution in [3.8, 4) is 0 Å². The van der Waals surface area contributed by atoms with Crippen molar-refractivity contribution < 1.29 is 9.32 Å². The van der Waals surface area contributed by atoms with Gasteiger partial charge in [0.1, 0.15) is 0 Å². The number of nitrogens with two attached hydrogens (primary N) is 1. The zero-order valence-corrected chi connectivity index (χ0v) is 14.9. The van der Waals surface area contributed by atoms with E-state index >= 15 is 0 Å². The van der Waals surface area contributed by atoms with E-state index in [1.54, 1.807) is 18.0 Å². The Morgan fingerprint density at radius 1 is 1.43 bits per heavy atom. The quantitative estimate of drug-likeness (QED) is 0.873. The fraction of sp³-hybridized carbons (Fsp3) is 0.562. The SMILES string of the molecule is CCc1noc2ncc(C(=O)N(C)CCC(N)C(C)C)cc12.Cl. The van der Waals surface area contributed by atoms with Gasteiger partial charge in [0.25, 0.3) is 11.6 Å². The van der Waals surface area contributed by atoms with Crippen molar-refractivity contribution >= 4 is 29.4 Å². The molecule has 0 bridgehead atoms. The molecule has 2 aromatic rings. The molecule has 0 aliphatic rings. The van der Waals surface area contributed by atoms with Crippen LogP contribution in [0.5, 0.6) is 0 Å². The summed E-state index contributed by atoms with van der Waals surface area (Å²) in [6.45, 7) is 6.79. The van der Waals surface area contributed by atoms with Gasteiger partial charge in [-0.2, -0.15) is 0 Å². The highest BCUT2D eigenvalue weighted by atomic mass is 35.5. The first-order chi connectivity index (χ1) is 10.4. The minimum absolute atomic E-state index is 0. The highest BCUT2D eigenvalue weighted by Gasteiger charge is 2.17. The third-order valence-corrected chi connectivity index (χ3v) is 3.99. The lowest BCUT2D eigenvalue weighted by atomic mass is 10.0. The summed E-state index contributed by atoms with van der Waals surface area (Å²) in [5.41, 5.74) is 7.87.